The zero-order valence-electron chi connectivity index (χ0n) is 11.7. The molecule has 0 saturated heterocycles. The average Bonchev–Trinajstić information content (AvgIpc) is 2.30. The average molecular weight is 268 g/mol. The van der Waals surface area contributed by atoms with E-state index in [1.54, 1.807) is 0 Å². The molecule has 1 unspecified atom stereocenters. The molecule has 1 aromatic carbocycles. The summed E-state index contributed by atoms with van der Waals surface area (Å²) in [7, 11) is 0. The zero-order chi connectivity index (χ0) is 13.5. The molecule has 0 aromatic heterocycles. The fourth-order valence-electron chi connectivity index (χ4n) is 1.63. The highest BCUT2D eigenvalue weighted by Gasteiger charge is 2.06. The molecule has 1 atom stereocenters. The fraction of sp³-hybridized carbons (Fsp3) is 0.571. The number of anilines is 2. The summed E-state index contributed by atoms with van der Waals surface area (Å²) in [6, 6.07) is 6.32. The Morgan fingerprint density at radius 3 is 2.67 bits per heavy atom. The maximum absolute atomic E-state index is 5.89. The molecular formula is C14H24N2OS. The van der Waals surface area contributed by atoms with Gasteiger partial charge in [0.05, 0.1) is 11.8 Å². The van der Waals surface area contributed by atoms with Crippen LogP contribution < -0.4 is 15.8 Å². The van der Waals surface area contributed by atoms with E-state index in [1.807, 2.05) is 43.8 Å². The van der Waals surface area contributed by atoms with E-state index in [4.69, 9.17) is 10.5 Å². The van der Waals surface area contributed by atoms with Crippen LogP contribution in [0.1, 0.15) is 27.2 Å². The third-order valence-corrected chi connectivity index (χ3v) is 3.19. The molecule has 102 valence electrons. The van der Waals surface area contributed by atoms with Gasteiger partial charge < -0.3 is 15.8 Å². The second-order valence-corrected chi connectivity index (χ2v) is 5.73. The van der Waals surface area contributed by atoms with Gasteiger partial charge in [-0.3, -0.25) is 0 Å². The molecule has 0 aliphatic rings. The number of nitrogens with two attached hydrogens (primary N) is 1. The van der Waals surface area contributed by atoms with Crippen molar-refractivity contribution in [1.82, 2.24) is 0 Å². The standard InChI is InChI=1S/C14H24N2OS/c1-10(2)17-14-9-12(5-6-13(14)15)16-11(3)7-8-18-4/h5-6,9-11,16H,7-8,15H2,1-4H3. The van der Waals surface area contributed by atoms with Crippen molar-refractivity contribution in [3.63, 3.8) is 0 Å². The smallest absolute Gasteiger partial charge is 0.144 e. The molecule has 4 heteroatoms. The third kappa shape index (κ3) is 5.08. The molecule has 1 aromatic rings. The van der Waals surface area contributed by atoms with Crippen LogP contribution in [0.2, 0.25) is 0 Å². The Morgan fingerprint density at radius 1 is 1.33 bits per heavy atom. The minimum Gasteiger partial charge on any atom is -0.489 e. The SMILES string of the molecule is CSCCC(C)Nc1ccc(N)c(OC(C)C)c1. The summed E-state index contributed by atoms with van der Waals surface area (Å²) in [5, 5.41) is 3.47. The van der Waals surface area contributed by atoms with E-state index >= 15 is 0 Å². The number of nitrogen functional groups attached to an aromatic ring is 1. The van der Waals surface area contributed by atoms with Crippen molar-refractivity contribution >= 4 is 23.1 Å². The van der Waals surface area contributed by atoms with E-state index in [2.05, 4.69) is 18.5 Å². The summed E-state index contributed by atoms with van der Waals surface area (Å²) in [5.74, 6) is 1.92. The molecule has 0 fully saturated rings. The van der Waals surface area contributed by atoms with E-state index in [0.29, 0.717) is 11.7 Å². The highest BCUT2D eigenvalue weighted by atomic mass is 32.2. The highest BCUT2D eigenvalue weighted by Crippen LogP contribution is 2.27. The second-order valence-electron chi connectivity index (χ2n) is 4.75. The third-order valence-electron chi connectivity index (χ3n) is 2.54. The van der Waals surface area contributed by atoms with Crippen molar-refractivity contribution in [3.05, 3.63) is 18.2 Å². The van der Waals surface area contributed by atoms with Crippen LogP contribution in [0.25, 0.3) is 0 Å². The van der Waals surface area contributed by atoms with Gasteiger partial charge >= 0.3 is 0 Å². The number of hydrogen-bond donors (Lipinski definition) is 2. The maximum Gasteiger partial charge on any atom is 0.144 e. The first-order chi connectivity index (χ1) is 8.52. The normalized spacial score (nSPS) is 12.5. The van der Waals surface area contributed by atoms with Crippen LogP contribution in [-0.4, -0.2) is 24.2 Å². The molecule has 18 heavy (non-hydrogen) atoms. The van der Waals surface area contributed by atoms with Crippen molar-refractivity contribution in [2.24, 2.45) is 0 Å². The molecule has 0 aliphatic carbocycles. The fourth-order valence-corrected chi connectivity index (χ4v) is 2.22. The van der Waals surface area contributed by atoms with Gasteiger partial charge in [0.2, 0.25) is 0 Å². The molecule has 0 heterocycles. The lowest BCUT2D eigenvalue weighted by Gasteiger charge is -2.17. The van der Waals surface area contributed by atoms with Crippen LogP contribution in [0.5, 0.6) is 5.75 Å². The summed E-state index contributed by atoms with van der Waals surface area (Å²) < 4.78 is 5.68. The van der Waals surface area contributed by atoms with Crippen LogP contribution in [0.3, 0.4) is 0 Å². The van der Waals surface area contributed by atoms with Gasteiger partial charge in [0.25, 0.3) is 0 Å². The van der Waals surface area contributed by atoms with Gasteiger partial charge in [-0.2, -0.15) is 11.8 Å². The molecule has 0 amide bonds. The van der Waals surface area contributed by atoms with Crippen molar-refractivity contribution in [2.45, 2.75) is 39.3 Å². The van der Waals surface area contributed by atoms with Crippen LogP contribution in [0.15, 0.2) is 18.2 Å². The number of thioether (sulfide) groups is 1. The Morgan fingerprint density at radius 2 is 2.06 bits per heavy atom. The Hall–Kier alpha value is -1.03. The number of ether oxygens (including phenoxy) is 1. The largest absolute Gasteiger partial charge is 0.489 e. The first-order valence-electron chi connectivity index (χ1n) is 6.34. The van der Waals surface area contributed by atoms with Gasteiger partial charge in [-0.05, 0) is 51.3 Å². The molecular weight excluding hydrogens is 244 g/mol. The van der Waals surface area contributed by atoms with E-state index < -0.39 is 0 Å². The molecule has 3 N–H and O–H groups in total. The molecule has 3 nitrogen and oxygen atoms in total. The highest BCUT2D eigenvalue weighted by molar-refractivity contribution is 7.98. The first-order valence-corrected chi connectivity index (χ1v) is 7.74. The van der Waals surface area contributed by atoms with Gasteiger partial charge in [0, 0.05) is 17.8 Å². The van der Waals surface area contributed by atoms with Crippen LogP contribution in [0, 0.1) is 0 Å². The van der Waals surface area contributed by atoms with E-state index in [0.717, 1.165) is 17.9 Å². The Balaban J connectivity index is 2.66. The number of benzene rings is 1. The van der Waals surface area contributed by atoms with Gasteiger partial charge in [0.15, 0.2) is 0 Å². The summed E-state index contributed by atoms with van der Waals surface area (Å²) in [6.45, 7) is 6.19. The lowest BCUT2D eigenvalue weighted by atomic mass is 10.2. The van der Waals surface area contributed by atoms with Crippen LogP contribution >= 0.6 is 11.8 Å². The van der Waals surface area contributed by atoms with E-state index in [-0.39, 0.29) is 6.10 Å². The minimum absolute atomic E-state index is 0.136. The monoisotopic (exact) mass is 268 g/mol. The topological polar surface area (TPSA) is 47.3 Å². The van der Waals surface area contributed by atoms with Crippen molar-refractivity contribution < 1.29 is 4.74 Å². The van der Waals surface area contributed by atoms with E-state index in [1.165, 1.54) is 5.75 Å². The molecule has 0 aliphatic heterocycles. The maximum atomic E-state index is 5.89. The van der Waals surface area contributed by atoms with Crippen LogP contribution in [-0.2, 0) is 0 Å². The van der Waals surface area contributed by atoms with Crippen molar-refractivity contribution in [2.75, 3.05) is 23.1 Å². The quantitative estimate of drug-likeness (QED) is 0.742. The summed E-state index contributed by atoms with van der Waals surface area (Å²) in [6.07, 6.45) is 3.41. The summed E-state index contributed by atoms with van der Waals surface area (Å²) >= 11 is 1.87. The predicted octanol–water partition coefficient (Wildman–Crippen LogP) is 3.61. The molecule has 0 radical (unpaired) electrons. The summed E-state index contributed by atoms with van der Waals surface area (Å²) in [4.78, 5) is 0. The Kier molecular flexibility index (Phi) is 6.19. The van der Waals surface area contributed by atoms with E-state index in [9.17, 15) is 0 Å². The first kappa shape index (κ1) is 15.0. The Bertz CT molecular complexity index is 369. The zero-order valence-corrected chi connectivity index (χ0v) is 12.5. The number of nitrogens with one attached hydrogen (secondary N) is 1. The van der Waals surface area contributed by atoms with Gasteiger partial charge in [0.1, 0.15) is 5.75 Å². The van der Waals surface area contributed by atoms with Crippen molar-refractivity contribution in [1.29, 1.82) is 0 Å². The van der Waals surface area contributed by atoms with Gasteiger partial charge in [-0.15, -0.1) is 0 Å². The second kappa shape index (κ2) is 7.41. The number of hydrogen-bond acceptors (Lipinski definition) is 4. The minimum atomic E-state index is 0.136. The molecule has 1 rings (SSSR count). The molecule has 0 saturated carbocycles. The van der Waals surface area contributed by atoms with Gasteiger partial charge in [-0.1, -0.05) is 0 Å². The van der Waals surface area contributed by atoms with Crippen molar-refractivity contribution in [3.8, 4) is 5.75 Å². The molecule has 0 bridgehead atoms. The lowest BCUT2D eigenvalue weighted by molar-refractivity contribution is 0.244. The van der Waals surface area contributed by atoms with Gasteiger partial charge in [-0.25, -0.2) is 0 Å². The Labute approximate surface area is 114 Å². The predicted molar refractivity (Wildman–Crippen MR) is 82.7 cm³/mol. The van der Waals surface area contributed by atoms with Crippen LogP contribution in [0.4, 0.5) is 11.4 Å². The lowest BCUT2D eigenvalue weighted by Crippen LogP contribution is -2.16. The number of rotatable bonds is 7. The summed E-state index contributed by atoms with van der Waals surface area (Å²) in [5.41, 5.74) is 7.64. The molecule has 0 spiro atoms.